The molecular formula is C7H8N2O3. The third-order valence-electron chi connectivity index (χ3n) is 1.43. The summed E-state index contributed by atoms with van der Waals surface area (Å²) >= 11 is 0. The van der Waals surface area contributed by atoms with Crippen molar-refractivity contribution in [1.29, 1.82) is 0 Å². The van der Waals surface area contributed by atoms with Gasteiger partial charge in [-0.15, -0.1) is 0 Å². The monoisotopic (exact) mass is 168 g/mol. The lowest BCUT2D eigenvalue weighted by atomic mass is 10.1. The summed E-state index contributed by atoms with van der Waals surface area (Å²) in [6.07, 6.45) is 0. The molecule has 0 bridgehead atoms. The van der Waals surface area contributed by atoms with Gasteiger partial charge in [-0.1, -0.05) is 0 Å². The van der Waals surface area contributed by atoms with Gasteiger partial charge in [0.2, 0.25) is 0 Å². The van der Waals surface area contributed by atoms with Crippen LogP contribution in [-0.4, -0.2) is 16.2 Å². The third kappa shape index (κ3) is 1.24. The molecule has 0 unspecified atom stereocenters. The Hall–Kier alpha value is -1.91. The number of aromatic carboxylic acids is 1. The maximum atomic E-state index is 10.5. The summed E-state index contributed by atoms with van der Waals surface area (Å²) in [6, 6.07) is 2.25. The van der Waals surface area contributed by atoms with Crippen molar-refractivity contribution in [2.45, 2.75) is 0 Å². The highest BCUT2D eigenvalue weighted by Gasteiger charge is 2.11. The summed E-state index contributed by atoms with van der Waals surface area (Å²) in [5.74, 6) is -1.42. The molecule has 6 N–H and O–H groups in total. The van der Waals surface area contributed by atoms with Crippen LogP contribution in [0.3, 0.4) is 0 Å². The maximum absolute atomic E-state index is 10.5. The number of carbonyl (C=O) groups is 1. The Morgan fingerprint density at radius 1 is 1.33 bits per heavy atom. The molecule has 64 valence electrons. The summed E-state index contributed by atoms with van der Waals surface area (Å²) in [6.45, 7) is 0. The molecule has 5 heteroatoms. The van der Waals surface area contributed by atoms with Crippen LogP contribution in [0.5, 0.6) is 5.75 Å². The summed E-state index contributed by atoms with van der Waals surface area (Å²) in [5, 5.41) is 17.5. The van der Waals surface area contributed by atoms with Crippen LogP contribution in [0, 0.1) is 0 Å². The van der Waals surface area contributed by atoms with Crippen LogP contribution in [0.1, 0.15) is 10.4 Å². The van der Waals surface area contributed by atoms with Gasteiger partial charge in [-0.05, 0) is 6.07 Å². The Kier molecular flexibility index (Phi) is 1.78. The first-order chi connectivity index (χ1) is 5.52. The van der Waals surface area contributed by atoms with Gasteiger partial charge in [0.25, 0.3) is 0 Å². The highest BCUT2D eigenvalue weighted by Crippen LogP contribution is 2.25. The molecule has 0 spiro atoms. The smallest absolute Gasteiger partial charge is 0.338 e. The fourth-order valence-electron chi connectivity index (χ4n) is 0.837. The molecule has 0 atom stereocenters. The zero-order chi connectivity index (χ0) is 9.30. The number of nitrogens with two attached hydrogens (primary N) is 2. The first kappa shape index (κ1) is 8.19. The number of nitrogen functional groups attached to an aromatic ring is 2. The molecule has 1 aromatic rings. The Morgan fingerprint density at radius 3 is 2.42 bits per heavy atom. The molecule has 12 heavy (non-hydrogen) atoms. The van der Waals surface area contributed by atoms with E-state index in [1.165, 1.54) is 6.07 Å². The molecule has 1 rings (SSSR count). The molecule has 0 aliphatic rings. The van der Waals surface area contributed by atoms with Gasteiger partial charge in [0.15, 0.2) is 0 Å². The molecule has 0 radical (unpaired) electrons. The lowest BCUT2D eigenvalue weighted by molar-refractivity contribution is 0.0697. The number of aromatic hydroxyl groups is 1. The number of carboxylic acids is 1. The molecule has 5 nitrogen and oxygen atoms in total. The van der Waals surface area contributed by atoms with E-state index in [0.29, 0.717) is 0 Å². The molecule has 1 aromatic carbocycles. The van der Waals surface area contributed by atoms with Crippen molar-refractivity contribution in [2.75, 3.05) is 11.5 Å². The number of phenols is 1. The van der Waals surface area contributed by atoms with Crippen LogP contribution in [0.2, 0.25) is 0 Å². The molecule has 0 fully saturated rings. The summed E-state index contributed by atoms with van der Waals surface area (Å²) in [4.78, 5) is 10.5. The average molecular weight is 168 g/mol. The molecule has 0 amide bonds. The lowest BCUT2D eigenvalue weighted by Gasteiger charge is -2.04. The van der Waals surface area contributed by atoms with E-state index in [-0.39, 0.29) is 22.7 Å². The number of hydrogen-bond acceptors (Lipinski definition) is 4. The van der Waals surface area contributed by atoms with Crippen molar-refractivity contribution in [3.63, 3.8) is 0 Å². The van der Waals surface area contributed by atoms with E-state index < -0.39 is 5.97 Å². The Bertz CT molecular complexity index is 336. The van der Waals surface area contributed by atoms with E-state index in [9.17, 15) is 4.79 Å². The van der Waals surface area contributed by atoms with E-state index in [1.807, 2.05) is 0 Å². The van der Waals surface area contributed by atoms with Crippen LogP contribution in [-0.2, 0) is 0 Å². The second-order valence-electron chi connectivity index (χ2n) is 2.30. The molecule has 0 aliphatic heterocycles. The summed E-state index contributed by atoms with van der Waals surface area (Å²) in [5.41, 5.74) is 10.5. The van der Waals surface area contributed by atoms with Gasteiger partial charge in [0.05, 0.1) is 16.9 Å². The van der Waals surface area contributed by atoms with Gasteiger partial charge in [0, 0.05) is 6.07 Å². The number of rotatable bonds is 1. The highest BCUT2D eigenvalue weighted by atomic mass is 16.4. The van der Waals surface area contributed by atoms with Gasteiger partial charge >= 0.3 is 5.97 Å². The average Bonchev–Trinajstić information content (AvgIpc) is 1.96. The molecule has 0 saturated heterocycles. The highest BCUT2D eigenvalue weighted by molar-refractivity contribution is 5.97. The van der Waals surface area contributed by atoms with Gasteiger partial charge in [-0.25, -0.2) is 4.79 Å². The summed E-state index contributed by atoms with van der Waals surface area (Å²) in [7, 11) is 0. The van der Waals surface area contributed by atoms with E-state index >= 15 is 0 Å². The standard InChI is InChI=1S/C7H8N2O3/c8-5-2-3(10)1-4(6(5)9)7(11)12/h1-2,10H,8-9H2,(H,11,12). The predicted octanol–water partition coefficient (Wildman–Crippen LogP) is 0.255. The lowest BCUT2D eigenvalue weighted by Crippen LogP contribution is -2.05. The van der Waals surface area contributed by atoms with E-state index in [2.05, 4.69) is 0 Å². The van der Waals surface area contributed by atoms with Crippen molar-refractivity contribution in [2.24, 2.45) is 0 Å². The molecular weight excluding hydrogens is 160 g/mol. The maximum Gasteiger partial charge on any atom is 0.338 e. The second kappa shape index (κ2) is 2.61. The largest absolute Gasteiger partial charge is 0.508 e. The normalized spacial score (nSPS) is 9.67. The number of phenolic OH excluding ortho intramolecular Hbond substituents is 1. The SMILES string of the molecule is Nc1cc(O)cc(C(=O)O)c1N. The van der Waals surface area contributed by atoms with Gasteiger partial charge in [-0.2, -0.15) is 0 Å². The van der Waals surface area contributed by atoms with Crippen LogP contribution in [0.4, 0.5) is 11.4 Å². The van der Waals surface area contributed by atoms with Crippen LogP contribution < -0.4 is 11.5 Å². The topological polar surface area (TPSA) is 110 Å². The van der Waals surface area contributed by atoms with Crippen LogP contribution >= 0.6 is 0 Å². The number of anilines is 2. The number of hydrogen-bond donors (Lipinski definition) is 4. The molecule has 0 aromatic heterocycles. The first-order valence-electron chi connectivity index (χ1n) is 3.13. The van der Waals surface area contributed by atoms with Gasteiger partial charge in [-0.3, -0.25) is 0 Å². The van der Waals surface area contributed by atoms with Crippen molar-refractivity contribution < 1.29 is 15.0 Å². The Labute approximate surface area is 68.2 Å². The summed E-state index contributed by atoms with van der Waals surface area (Å²) < 4.78 is 0. The minimum atomic E-state index is -1.21. The molecule has 0 heterocycles. The third-order valence-corrected chi connectivity index (χ3v) is 1.43. The fraction of sp³-hybridized carbons (Fsp3) is 0. The van der Waals surface area contributed by atoms with Crippen molar-refractivity contribution in [3.8, 4) is 5.75 Å². The fourth-order valence-corrected chi connectivity index (χ4v) is 0.837. The minimum Gasteiger partial charge on any atom is -0.508 e. The molecule has 0 saturated carbocycles. The van der Waals surface area contributed by atoms with Gasteiger partial charge < -0.3 is 21.7 Å². The number of benzene rings is 1. The van der Waals surface area contributed by atoms with Crippen molar-refractivity contribution in [3.05, 3.63) is 17.7 Å². The first-order valence-corrected chi connectivity index (χ1v) is 3.13. The van der Waals surface area contributed by atoms with Crippen LogP contribution in [0.25, 0.3) is 0 Å². The van der Waals surface area contributed by atoms with E-state index in [4.69, 9.17) is 21.7 Å². The molecule has 0 aliphatic carbocycles. The van der Waals surface area contributed by atoms with Crippen molar-refractivity contribution in [1.82, 2.24) is 0 Å². The van der Waals surface area contributed by atoms with Crippen molar-refractivity contribution >= 4 is 17.3 Å². The predicted molar refractivity (Wildman–Crippen MR) is 43.9 cm³/mol. The van der Waals surface area contributed by atoms with E-state index in [0.717, 1.165) is 6.07 Å². The number of carboxylic acid groups (broad SMARTS) is 1. The zero-order valence-corrected chi connectivity index (χ0v) is 6.11. The van der Waals surface area contributed by atoms with E-state index in [1.54, 1.807) is 0 Å². The van der Waals surface area contributed by atoms with Gasteiger partial charge in [0.1, 0.15) is 5.75 Å². The second-order valence-corrected chi connectivity index (χ2v) is 2.30. The minimum absolute atomic E-state index is 0.0275. The Balaban J connectivity index is 3.37. The van der Waals surface area contributed by atoms with Crippen LogP contribution in [0.15, 0.2) is 12.1 Å². The zero-order valence-electron chi connectivity index (χ0n) is 6.11. The quantitative estimate of drug-likeness (QED) is 0.355. The Morgan fingerprint density at radius 2 is 1.92 bits per heavy atom.